The molecular weight excluding hydrogens is 192 g/mol. The van der Waals surface area contributed by atoms with Gasteiger partial charge in [-0.25, -0.2) is 4.79 Å². The maximum atomic E-state index is 10.5. The van der Waals surface area contributed by atoms with E-state index in [-0.39, 0.29) is 6.04 Å². The predicted octanol–water partition coefficient (Wildman–Crippen LogP) is 1.71. The van der Waals surface area contributed by atoms with Crippen molar-refractivity contribution >= 4 is 6.09 Å². The summed E-state index contributed by atoms with van der Waals surface area (Å²) in [7, 11) is 0. The van der Waals surface area contributed by atoms with Crippen molar-refractivity contribution in [1.29, 1.82) is 0 Å². The first-order valence-corrected chi connectivity index (χ1v) is 5.99. The molecule has 2 saturated carbocycles. The minimum Gasteiger partial charge on any atom is -0.465 e. The second-order valence-electron chi connectivity index (χ2n) is 4.79. The highest BCUT2D eigenvalue weighted by molar-refractivity contribution is 5.64. The summed E-state index contributed by atoms with van der Waals surface area (Å²) < 4.78 is 0. The van der Waals surface area contributed by atoms with Gasteiger partial charge in [-0.1, -0.05) is 6.42 Å². The van der Waals surface area contributed by atoms with Gasteiger partial charge >= 0.3 is 6.09 Å². The summed E-state index contributed by atoms with van der Waals surface area (Å²) in [6.07, 6.45) is 7.33. The Kier molecular flexibility index (Phi) is 3.46. The van der Waals surface area contributed by atoms with E-state index in [4.69, 9.17) is 5.11 Å². The molecule has 4 nitrogen and oxygen atoms in total. The average molecular weight is 212 g/mol. The normalized spacial score (nSPS) is 32.0. The summed E-state index contributed by atoms with van der Waals surface area (Å²) in [5, 5.41) is 14.8. The van der Waals surface area contributed by atoms with Crippen LogP contribution in [0.5, 0.6) is 0 Å². The third kappa shape index (κ3) is 3.09. The zero-order valence-electron chi connectivity index (χ0n) is 9.04. The van der Waals surface area contributed by atoms with Gasteiger partial charge in [-0.15, -0.1) is 0 Å². The second kappa shape index (κ2) is 4.84. The summed E-state index contributed by atoms with van der Waals surface area (Å²) in [6, 6.07) is 1.56. The Morgan fingerprint density at radius 3 is 1.93 bits per heavy atom. The van der Waals surface area contributed by atoms with Crippen molar-refractivity contribution in [3.63, 3.8) is 0 Å². The van der Waals surface area contributed by atoms with E-state index >= 15 is 0 Å². The van der Waals surface area contributed by atoms with Crippen molar-refractivity contribution in [3.8, 4) is 0 Å². The summed E-state index contributed by atoms with van der Waals surface area (Å²) in [6.45, 7) is 0. The minimum atomic E-state index is -0.884. The molecule has 0 saturated heterocycles. The van der Waals surface area contributed by atoms with Gasteiger partial charge in [0.1, 0.15) is 0 Å². The molecule has 2 aliphatic rings. The first kappa shape index (κ1) is 10.7. The maximum Gasteiger partial charge on any atom is 0.404 e. The van der Waals surface area contributed by atoms with Crippen LogP contribution in [0.15, 0.2) is 0 Å². The van der Waals surface area contributed by atoms with E-state index in [1.807, 2.05) is 0 Å². The van der Waals surface area contributed by atoms with Gasteiger partial charge in [0.25, 0.3) is 0 Å². The largest absolute Gasteiger partial charge is 0.465 e. The molecule has 0 unspecified atom stereocenters. The summed E-state index contributed by atoms with van der Waals surface area (Å²) in [5.74, 6) is 0. The van der Waals surface area contributed by atoms with E-state index in [1.165, 1.54) is 19.3 Å². The molecule has 1 amide bonds. The molecule has 15 heavy (non-hydrogen) atoms. The number of amides is 1. The molecule has 86 valence electrons. The molecule has 0 radical (unpaired) electrons. The molecule has 2 fully saturated rings. The predicted molar refractivity (Wildman–Crippen MR) is 58.0 cm³/mol. The minimum absolute atomic E-state index is 0.182. The molecule has 4 heteroatoms. The van der Waals surface area contributed by atoms with E-state index in [0.29, 0.717) is 6.04 Å². The molecule has 0 heterocycles. The number of hydrogen-bond acceptors (Lipinski definition) is 2. The number of rotatable bonds is 3. The number of carbonyl (C=O) groups is 1. The van der Waals surface area contributed by atoms with Crippen LogP contribution in [0.25, 0.3) is 0 Å². The molecule has 0 aliphatic heterocycles. The second-order valence-corrected chi connectivity index (χ2v) is 4.79. The molecule has 0 spiro atoms. The van der Waals surface area contributed by atoms with Gasteiger partial charge in [0, 0.05) is 18.1 Å². The highest BCUT2D eigenvalue weighted by Crippen LogP contribution is 2.24. The van der Waals surface area contributed by atoms with Crippen LogP contribution in [0.4, 0.5) is 4.79 Å². The Hall–Kier alpha value is -0.770. The highest BCUT2D eigenvalue weighted by atomic mass is 16.4. The fraction of sp³-hybridized carbons (Fsp3) is 0.909. The van der Waals surface area contributed by atoms with E-state index in [2.05, 4.69) is 10.6 Å². The van der Waals surface area contributed by atoms with Gasteiger partial charge in [0.05, 0.1) is 0 Å². The standard InChI is InChI=1S/C11H20N2O2/c14-11(15)13-10-6-4-9(5-7-10)12-8-2-1-3-8/h8-10,12-13H,1-7H2,(H,14,15). The fourth-order valence-corrected chi connectivity index (χ4v) is 2.49. The third-order valence-electron chi connectivity index (χ3n) is 3.63. The average Bonchev–Trinajstić information content (AvgIpc) is 2.13. The summed E-state index contributed by atoms with van der Waals surface area (Å²) >= 11 is 0. The van der Waals surface area contributed by atoms with Crippen LogP contribution in [0.1, 0.15) is 44.9 Å². The van der Waals surface area contributed by atoms with Gasteiger partial charge in [-0.2, -0.15) is 0 Å². The quantitative estimate of drug-likeness (QED) is 0.667. The van der Waals surface area contributed by atoms with Crippen LogP contribution in [0.3, 0.4) is 0 Å². The molecule has 0 atom stereocenters. The number of nitrogens with one attached hydrogen (secondary N) is 2. The smallest absolute Gasteiger partial charge is 0.404 e. The lowest BCUT2D eigenvalue weighted by Crippen LogP contribution is -2.46. The third-order valence-corrected chi connectivity index (χ3v) is 3.63. The molecule has 3 N–H and O–H groups in total. The topological polar surface area (TPSA) is 61.4 Å². The van der Waals surface area contributed by atoms with Gasteiger partial charge in [-0.05, 0) is 38.5 Å². The SMILES string of the molecule is O=C(O)NC1CCC(NC2CCC2)CC1. The van der Waals surface area contributed by atoms with Crippen LogP contribution >= 0.6 is 0 Å². The van der Waals surface area contributed by atoms with E-state index in [9.17, 15) is 4.79 Å². The van der Waals surface area contributed by atoms with Gasteiger partial charge in [0.2, 0.25) is 0 Å². The summed E-state index contributed by atoms with van der Waals surface area (Å²) in [5.41, 5.74) is 0. The monoisotopic (exact) mass is 212 g/mol. The van der Waals surface area contributed by atoms with Crippen molar-refractivity contribution in [2.45, 2.75) is 63.1 Å². The van der Waals surface area contributed by atoms with Gasteiger partial charge in [0.15, 0.2) is 0 Å². The van der Waals surface area contributed by atoms with Crippen LogP contribution in [-0.2, 0) is 0 Å². The fourth-order valence-electron chi connectivity index (χ4n) is 2.49. The van der Waals surface area contributed by atoms with Crippen molar-refractivity contribution in [3.05, 3.63) is 0 Å². The summed E-state index contributed by atoms with van der Waals surface area (Å²) in [4.78, 5) is 10.5. The Labute approximate surface area is 90.4 Å². The zero-order valence-corrected chi connectivity index (χ0v) is 9.04. The first-order chi connectivity index (χ1) is 7.24. The van der Waals surface area contributed by atoms with Crippen molar-refractivity contribution in [2.75, 3.05) is 0 Å². The highest BCUT2D eigenvalue weighted by Gasteiger charge is 2.25. The Bertz CT molecular complexity index is 221. The van der Waals surface area contributed by atoms with Crippen LogP contribution in [-0.4, -0.2) is 29.3 Å². The van der Waals surface area contributed by atoms with E-state index in [0.717, 1.165) is 31.7 Å². The number of carboxylic acid groups (broad SMARTS) is 1. The Morgan fingerprint density at radius 2 is 1.47 bits per heavy atom. The van der Waals surface area contributed by atoms with Crippen molar-refractivity contribution < 1.29 is 9.90 Å². The lowest BCUT2D eigenvalue weighted by atomic mass is 9.87. The Balaban J connectivity index is 1.64. The molecule has 2 aliphatic carbocycles. The zero-order chi connectivity index (χ0) is 10.7. The molecule has 0 aromatic rings. The molecule has 0 aromatic heterocycles. The van der Waals surface area contributed by atoms with Gasteiger partial charge < -0.3 is 15.7 Å². The van der Waals surface area contributed by atoms with Crippen LogP contribution in [0.2, 0.25) is 0 Å². The van der Waals surface area contributed by atoms with Gasteiger partial charge in [-0.3, -0.25) is 0 Å². The molecule has 0 aromatic carbocycles. The van der Waals surface area contributed by atoms with Crippen molar-refractivity contribution in [1.82, 2.24) is 10.6 Å². The van der Waals surface area contributed by atoms with Crippen LogP contribution in [0, 0.1) is 0 Å². The number of hydrogen-bond donors (Lipinski definition) is 3. The molecular formula is C11H20N2O2. The first-order valence-electron chi connectivity index (χ1n) is 5.99. The molecule has 2 rings (SSSR count). The molecule has 0 bridgehead atoms. The van der Waals surface area contributed by atoms with Crippen LogP contribution < -0.4 is 10.6 Å². The lowest BCUT2D eigenvalue weighted by molar-refractivity contribution is 0.181. The van der Waals surface area contributed by atoms with Crippen molar-refractivity contribution in [2.24, 2.45) is 0 Å². The van der Waals surface area contributed by atoms with E-state index < -0.39 is 6.09 Å². The maximum absolute atomic E-state index is 10.5. The Morgan fingerprint density at radius 1 is 0.933 bits per heavy atom. The lowest BCUT2D eigenvalue weighted by Gasteiger charge is -2.35. The van der Waals surface area contributed by atoms with E-state index in [1.54, 1.807) is 0 Å².